The SMILES string of the molecule is CCNC(=NCc1nc(C(C)OCC)no1)NC1CCN(c2cccc(F)c2)CC1.I. The predicted octanol–water partition coefficient (Wildman–Crippen LogP) is 3.65. The second-order valence-electron chi connectivity index (χ2n) is 7.22. The first-order valence-corrected chi connectivity index (χ1v) is 10.6. The van der Waals surface area contributed by atoms with Crippen molar-refractivity contribution in [3.05, 3.63) is 41.8 Å². The minimum absolute atomic E-state index is 0. The second-order valence-corrected chi connectivity index (χ2v) is 7.22. The number of aromatic nitrogens is 2. The van der Waals surface area contributed by atoms with Crippen LogP contribution >= 0.6 is 24.0 Å². The number of anilines is 1. The molecule has 0 aliphatic carbocycles. The van der Waals surface area contributed by atoms with Crippen LogP contribution in [0, 0.1) is 5.82 Å². The molecule has 172 valence electrons. The van der Waals surface area contributed by atoms with Gasteiger partial charge in [-0.25, -0.2) is 9.38 Å². The fraction of sp³-hybridized carbons (Fsp3) is 0.571. The van der Waals surface area contributed by atoms with Crippen molar-refractivity contribution < 1.29 is 13.7 Å². The summed E-state index contributed by atoms with van der Waals surface area (Å²) in [5.41, 5.74) is 0.933. The number of ether oxygens (including phenoxy) is 1. The van der Waals surface area contributed by atoms with Gasteiger partial charge in [0.1, 0.15) is 18.5 Å². The number of piperidine rings is 1. The quantitative estimate of drug-likeness (QED) is 0.297. The first kappa shape index (κ1) is 25.3. The predicted molar refractivity (Wildman–Crippen MR) is 129 cm³/mol. The molecule has 1 aromatic carbocycles. The maximum absolute atomic E-state index is 13.5. The number of benzene rings is 1. The summed E-state index contributed by atoms with van der Waals surface area (Å²) in [6.45, 7) is 9.22. The van der Waals surface area contributed by atoms with Crippen molar-refractivity contribution in [2.75, 3.05) is 31.1 Å². The maximum Gasteiger partial charge on any atom is 0.248 e. The molecule has 10 heteroatoms. The Morgan fingerprint density at radius 2 is 2.13 bits per heavy atom. The Hall–Kier alpha value is -1.95. The van der Waals surface area contributed by atoms with Gasteiger partial charge in [0.15, 0.2) is 11.8 Å². The van der Waals surface area contributed by atoms with Crippen LogP contribution in [-0.4, -0.2) is 48.4 Å². The zero-order valence-electron chi connectivity index (χ0n) is 18.3. The molecule has 1 aliphatic heterocycles. The van der Waals surface area contributed by atoms with Crippen molar-refractivity contribution in [2.45, 2.75) is 52.3 Å². The highest BCUT2D eigenvalue weighted by Crippen LogP contribution is 2.20. The van der Waals surface area contributed by atoms with Crippen LogP contribution in [-0.2, 0) is 11.3 Å². The highest BCUT2D eigenvalue weighted by atomic mass is 127. The molecule has 1 aliphatic rings. The summed E-state index contributed by atoms with van der Waals surface area (Å²) in [5.74, 6) is 1.51. The van der Waals surface area contributed by atoms with Crippen molar-refractivity contribution >= 4 is 35.6 Å². The summed E-state index contributed by atoms with van der Waals surface area (Å²) in [6.07, 6.45) is 1.68. The first-order chi connectivity index (χ1) is 14.6. The molecule has 3 rings (SSSR count). The third-order valence-corrected chi connectivity index (χ3v) is 4.99. The molecule has 1 atom stereocenters. The molecular weight excluding hydrogens is 514 g/mol. The molecule has 0 bridgehead atoms. The van der Waals surface area contributed by atoms with Crippen LogP contribution in [0.1, 0.15) is 51.4 Å². The van der Waals surface area contributed by atoms with E-state index in [-0.39, 0.29) is 35.9 Å². The minimum Gasteiger partial charge on any atom is -0.371 e. The normalized spacial score (nSPS) is 16.0. The summed E-state index contributed by atoms with van der Waals surface area (Å²) >= 11 is 0. The third-order valence-electron chi connectivity index (χ3n) is 4.99. The zero-order chi connectivity index (χ0) is 21.3. The Morgan fingerprint density at radius 3 is 2.81 bits per heavy atom. The Kier molecular flexibility index (Phi) is 10.4. The molecule has 0 spiro atoms. The number of nitrogens with one attached hydrogen (secondary N) is 2. The van der Waals surface area contributed by atoms with Crippen LogP contribution in [0.15, 0.2) is 33.8 Å². The zero-order valence-corrected chi connectivity index (χ0v) is 20.6. The third kappa shape index (κ3) is 7.60. The number of halogens is 2. The summed E-state index contributed by atoms with van der Waals surface area (Å²) in [6, 6.07) is 7.06. The van der Waals surface area contributed by atoms with Crippen molar-refractivity contribution in [1.29, 1.82) is 0 Å². The Labute approximate surface area is 200 Å². The highest BCUT2D eigenvalue weighted by molar-refractivity contribution is 14.0. The molecule has 1 saturated heterocycles. The summed E-state index contributed by atoms with van der Waals surface area (Å²) in [7, 11) is 0. The second kappa shape index (κ2) is 12.8. The van der Waals surface area contributed by atoms with E-state index in [9.17, 15) is 4.39 Å². The van der Waals surface area contributed by atoms with Crippen molar-refractivity contribution in [3.63, 3.8) is 0 Å². The van der Waals surface area contributed by atoms with E-state index in [1.807, 2.05) is 26.8 Å². The number of nitrogens with zero attached hydrogens (tertiary/aromatic N) is 4. The summed E-state index contributed by atoms with van der Waals surface area (Å²) in [5, 5.41) is 10.7. The molecule has 8 nitrogen and oxygen atoms in total. The fourth-order valence-corrected chi connectivity index (χ4v) is 3.44. The number of guanidine groups is 1. The number of hydrogen-bond donors (Lipinski definition) is 2. The van der Waals surface area contributed by atoms with Crippen LogP contribution in [0.3, 0.4) is 0 Å². The average Bonchev–Trinajstić information content (AvgIpc) is 3.22. The van der Waals surface area contributed by atoms with Gasteiger partial charge in [-0.2, -0.15) is 4.98 Å². The molecule has 1 unspecified atom stereocenters. The van der Waals surface area contributed by atoms with Gasteiger partial charge in [0.05, 0.1) is 0 Å². The standard InChI is InChI=1S/C21H31FN6O2.HI/c1-4-23-21(24-14-19-26-20(27-30-19)15(3)29-5-2)25-17-9-11-28(12-10-17)18-8-6-7-16(22)13-18;/h6-8,13,15,17H,4-5,9-12,14H2,1-3H3,(H2,23,24,25);1H. The summed E-state index contributed by atoms with van der Waals surface area (Å²) in [4.78, 5) is 11.1. The van der Waals surface area contributed by atoms with E-state index in [1.54, 1.807) is 12.1 Å². The Morgan fingerprint density at radius 1 is 1.35 bits per heavy atom. The van der Waals surface area contributed by atoms with Crippen LogP contribution in [0.2, 0.25) is 0 Å². The fourth-order valence-electron chi connectivity index (χ4n) is 3.44. The van der Waals surface area contributed by atoms with E-state index in [1.165, 1.54) is 6.07 Å². The number of hydrogen-bond acceptors (Lipinski definition) is 6. The molecule has 2 heterocycles. The molecule has 0 saturated carbocycles. The minimum atomic E-state index is -0.203. The molecule has 2 aromatic rings. The van der Waals surface area contributed by atoms with E-state index in [0.29, 0.717) is 30.9 Å². The molecular formula is C21H32FIN6O2. The van der Waals surface area contributed by atoms with E-state index in [2.05, 4.69) is 30.7 Å². The topological polar surface area (TPSA) is 87.8 Å². The van der Waals surface area contributed by atoms with Gasteiger partial charge >= 0.3 is 0 Å². The molecule has 2 N–H and O–H groups in total. The lowest BCUT2D eigenvalue weighted by Gasteiger charge is -2.34. The van der Waals surface area contributed by atoms with Crippen LogP contribution in [0.4, 0.5) is 10.1 Å². The molecule has 0 amide bonds. The largest absolute Gasteiger partial charge is 0.371 e. The van der Waals surface area contributed by atoms with Gasteiger partial charge in [0.2, 0.25) is 5.89 Å². The van der Waals surface area contributed by atoms with Crippen molar-refractivity contribution in [3.8, 4) is 0 Å². The first-order valence-electron chi connectivity index (χ1n) is 10.6. The Balaban J connectivity index is 0.00000341. The number of rotatable bonds is 8. The lowest BCUT2D eigenvalue weighted by atomic mass is 10.0. The highest BCUT2D eigenvalue weighted by Gasteiger charge is 2.21. The maximum atomic E-state index is 13.5. The van der Waals surface area contributed by atoms with Crippen LogP contribution in [0.5, 0.6) is 0 Å². The van der Waals surface area contributed by atoms with Gasteiger partial charge in [0.25, 0.3) is 0 Å². The van der Waals surface area contributed by atoms with Gasteiger partial charge in [-0.3, -0.25) is 0 Å². The molecule has 1 fully saturated rings. The van der Waals surface area contributed by atoms with E-state index in [4.69, 9.17) is 9.26 Å². The average molecular weight is 546 g/mol. The van der Waals surface area contributed by atoms with Crippen LogP contribution < -0.4 is 15.5 Å². The van der Waals surface area contributed by atoms with E-state index >= 15 is 0 Å². The van der Waals surface area contributed by atoms with Crippen molar-refractivity contribution in [2.24, 2.45) is 4.99 Å². The molecule has 31 heavy (non-hydrogen) atoms. The summed E-state index contributed by atoms with van der Waals surface area (Å²) < 4.78 is 24.2. The van der Waals surface area contributed by atoms with E-state index < -0.39 is 0 Å². The van der Waals surface area contributed by atoms with Gasteiger partial charge in [-0.15, -0.1) is 24.0 Å². The number of aliphatic imine (C=N–C) groups is 1. The molecule has 0 radical (unpaired) electrons. The van der Waals surface area contributed by atoms with E-state index in [0.717, 1.165) is 44.1 Å². The smallest absolute Gasteiger partial charge is 0.248 e. The van der Waals surface area contributed by atoms with Crippen molar-refractivity contribution in [1.82, 2.24) is 20.8 Å². The van der Waals surface area contributed by atoms with Gasteiger partial charge < -0.3 is 24.8 Å². The lowest BCUT2D eigenvalue weighted by molar-refractivity contribution is 0.0683. The van der Waals surface area contributed by atoms with Gasteiger partial charge in [0, 0.05) is 38.0 Å². The molecule has 1 aromatic heterocycles. The van der Waals surface area contributed by atoms with Gasteiger partial charge in [-0.05, 0) is 51.8 Å². The monoisotopic (exact) mass is 546 g/mol. The van der Waals surface area contributed by atoms with Gasteiger partial charge in [-0.1, -0.05) is 11.2 Å². The lowest BCUT2D eigenvalue weighted by Crippen LogP contribution is -2.48. The Bertz CT molecular complexity index is 826. The van der Waals surface area contributed by atoms with Crippen LogP contribution in [0.25, 0.3) is 0 Å².